The van der Waals surface area contributed by atoms with Crippen LogP contribution >= 0.6 is 0 Å². The summed E-state index contributed by atoms with van der Waals surface area (Å²) in [4.78, 5) is 26.5. The van der Waals surface area contributed by atoms with Gasteiger partial charge in [-0.3, -0.25) is 4.79 Å². The van der Waals surface area contributed by atoms with E-state index in [9.17, 15) is 14.7 Å². The van der Waals surface area contributed by atoms with Gasteiger partial charge in [0.05, 0.1) is 18.1 Å². The van der Waals surface area contributed by atoms with Gasteiger partial charge in [-0.05, 0) is 12.8 Å². The van der Waals surface area contributed by atoms with E-state index < -0.39 is 17.5 Å². The van der Waals surface area contributed by atoms with Gasteiger partial charge in [0.2, 0.25) is 0 Å². The van der Waals surface area contributed by atoms with Gasteiger partial charge in [0, 0.05) is 46.2 Å². The molecule has 0 radical (unpaired) electrons. The molecule has 2 N–H and O–H groups in total. The maximum absolute atomic E-state index is 12.4. The zero-order chi connectivity index (χ0) is 15.5. The minimum absolute atomic E-state index is 0.208. The monoisotopic (exact) mass is 300 g/mol. The second kappa shape index (κ2) is 6.62. The predicted octanol–water partition coefficient (Wildman–Crippen LogP) is 0.376. The Kier molecular flexibility index (Phi) is 5.05. The van der Waals surface area contributed by atoms with Crippen LogP contribution in [0.25, 0.3) is 0 Å². The molecular weight excluding hydrogens is 276 g/mol. The van der Waals surface area contributed by atoms with Crippen molar-refractivity contribution in [2.75, 3.05) is 39.9 Å². The van der Waals surface area contributed by atoms with Crippen LogP contribution in [0.4, 0.5) is 4.79 Å². The van der Waals surface area contributed by atoms with Crippen molar-refractivity contribution in [1.29, 1.82) is 0 Å². The zero-order valence-electron chi connectivity index (χ0n) is 12.5. The standard InChI is InChI=1S/C14H24N2O5/c1-15(10-14(20)4-7-21-8-5-14)13(19)16-6-2-3-11(9-16)12(17)18/h11,20H,2-10H2,1H3,(H,17,18)/t11-/m1/s1. The largest absolute Gasteiger partial charge is 0.481 e. The molecule has 0 aromatic rings. The van der Waals surface area contributed by atoms with E-state index in [-0.39, 0.29) is 19.1 Å². The number of carboxylic acids is 1. The number of urea groups is 1. The van der Waals surface area contributed by atoms with Gasteiger partial charge in [-0.15, -0.1) is 0 Å². The SMILES string of the molecule is CN(CC1(O)CCOCC1)C(=O)N1CCC[C@@H](C(=O)O)C1. The van der Waals surface area contributed by atoms with Gasteiger partial charge in [0.15, 0.2) is 0 Å². The highest BCUT2D eigenvalue weighted by molar-refractivity contribution is 5.76. The molecule has 2 amide bonds. The predicted molar refractivity (Wildman–Crippen MR) is 75.0 cm³/mol. The molecule has 0 saturated carbocycles. The van der Waals surface area contributed by atoms with Crippen molar-refractivity contribution in [3.8, 4) is 0 Å². The summed E-state index contributed by atoms with van der Waals surface area (Å²) in [6, 6.07) is -0.208. The molecule has 2 heterocycles. The van der Waals surface area contributed by atoms with E-state index in [4.69, 9.17) is 9.84 Å². The van der Waals surface area contributed by atoms with E-state index in [1.54, 1.807) is 11.9 Å². The summed E-state index contributed by atoms with van der Waals surface area (Å²) in [5.74, 6) is -1.33. The molecule has 0 aliphatic carbocycles. The fourth-order valence-electron chi connectivity index (χ4n) is 3.01. The van der Waals surface area contributed by atoms with Crippen LogP contribution in [0.5, 0.6) is 0 Å². The molecule has 120 valence electrons. The van der Waals surface area contributed by atoms with E-state index in [0.29, 0.717) is 45.4 Å². The maximum Gasteiger partial charge on any atom is 0.319 e. The number of aliphatic carboxylic acids is 1. The van der Waals surface area contributed by atoms with Crippen molar-refractivity contribution in [3.05, 3.63) is 0 Å². The first-order valence-corrected chi connectivity index (χ1v) is 7.44. The molecule has 21 heavy (non-hydrogen) atoms. The van der Waals surface area contributed by atoms with Crippen LogP contribution in [-0.4, -0.2) is 77.5 Å². The number of carbonyl (C=O) groups is 2. The Balaban J connectivity index is 1.90. The quantitative estimate of drug-likeness (QED) is 0.786. The Hall–Kier alpha value is -1.34. The molecule has 7 nitrogen and oxygen atoms in total. The number of likely N-dealkylation sites (N-methyl/N-ethyl adjacent to an activating group) is 1. The van der Waals surface area contributed by atoms with Crippen molar-refractivity contribution in [2.45, 2.75) is 31.3 Å². The number of hydrogen-bond acceptors (Lipinski definition) is 4. The van der Waals surface area contributed by atoms with Crippen molar-refractivity contribution >= 4 is 12.0 Å². The zero-order valence-corrected chi connectivity index (χ0v) is 12.5. The molecule has 7 heteroatoms. The van der Waals surface area contributed by atoms with Crippen LogP contribution in [0.2, 0.25) is 0 Å². The number of likely N-dealkylation sites (tertiary alicyclic amines) is 1. The topological polar surface area (TPSA) is 90.3 Å². The first-order chi connectivity index (χ1) is 9.91. The lowest BCUT2D eigenvalue weighted by Crippen LogP contribution is -2.53. The third-order valence-electron chi connectivity index (χ3n) is 4.32. The first-order valence-electron chi connectivity index (χ1n) is 7.44. The fraction of sp³-hybridized carbons (Fsp3) is 0.857. The van der Waals surface area contributed by atoms with Gasteiger partial charge in [0.25, 0.3) is 0 Å². The molecule has 2 rings (SSSR count). The molecule has 0 unspecified atom stereocenters. The van der Waals surface area contributed by atoms with Crippen molar-refractivity contribution < 1.29 is 24.5 Å². The van der Waals surface area contributed by atoms with Crippen molar-refractivity contribution in [1.82, 2.24) is 9.80 Å². The van der Waals surface area contributed by atoms with Gasteiger partial charge in [-0.25, -0.2) is 4.79 Å². The molecule has 2 fully saturated rings. The van der Waals surface area contributed by atoms with E-state index in [1.165, 1.54) is 4.90 Å². The Morgan fingerprint density at radius 3 is 2.67 bits per heavy atom. The van der Waals surface area contributed by atoms with Gasteiger partial charge in [0.1, 0.15) is 0 Å². The summed E-state index contributed by atoms with van der Waals surface area (Å²) >= 11 is 0. The number of carbonyl (C=O) groups excluding carboxylic acids is 1. The van der Waals surface area contributed by atoms with E-state index >= 15 is 0 Å². The Bertz CT molecular complexity index is 395. The van der Waals surface area contributed by atoms with Crippen molar-refractivity contribution in [3.63, 3.8) is 0 Å². The second-order valence-corrected chi connectivity index (χ2v) is 6.10. The Morgan fingerprint density at radius 2 is 2.05 bits per heavy atom. The smallest absolute Gasteiger partial charge is 0.319 e. The van der Waals surface area contributed by atoms with Crippen molar-refractivity contribution in [2.24, 2.45) is 5.92 Å². The molecule has 2 aliphatic heterocycles. The summed E-state index contributed by atoms with van der Waals surface area (Å²) in [5, 5.41) is 19.5. The van der Waals surface area contributed by atoms with Crippen LogP contribution in [0.15, 0.2) is 0 Å². The summed E-state index contributed by atoms with van der Waals surface area (Å²) < 4.78 is 5.22. The molecule has 0 bridgehead atoms. The maximum atomic E-state index is 12.4. The Labute approximate surface area is 124 Å². The Morgan fingerprint density at radius 1 is 1.38 bits per heavy atom. The lowest BCUT2D eigenvalue weighted by Gasteiger charge is -2.38. The van der Waals surface area contributed by atoms with Gasteiger partial charge in [-0.1, -0.05) is 0 Å². The second-order valence-electron chi connectivity index (χ2n) is 6.10. The molecule has 0 spiro atoms. The first kappa shape index (κ1) is 16.0. The highest BCUT2D eigenvalue weighted by atomic mass is 16.5. The summed E-state index contributed by atoms with van der Waals surface area (Å²) in [5.41, 5.74) is -0.898. The average molecular weight is 300 g/mol. The number of rotatable bonds is 3. The lowest BCUT2D eigenvalue weighted by molar-refractivity contribution is -0.143. The van der Waals surface area contributed by atoms with Crippen LogP contribution in [-0.2, 0) is 9.53 Å². The van der Waals surface area contributed by atoms with E-state index in [1.807, 2.05) is 0 Å². The third kappa shape index (κ3) is 4.07. The van der Waals surface area contributed by atoms with Crippen LogP contribution < -0.4 is 0 Å². The molecule has 1 atom stereocenters. The molecule has 2 aliphatic rings. The number of carboxylic acid groups (broad SMARTS) is 1. The molecule has 0 aromatic carbocycles. The normalized spacial score (nSPS) is 25.4. The highest BCUT2D eigenvalue weighted by Gasteiger charge is 2.35. The van der Waals surface area contributed by atoms with Crippen LogP contribution in [0.3, 0.4) is 0 Å². The number of amides is 2. The number of piperidine rings is 1. The summed E-state index contributed by atoms with van der Waals surface area (Å²) in [6.07, 6.45) is 2.35. The highest BCUT2D eigenvalue weighted by Crippen LogP contribution is 2.23. The minimum atomic E-state index is -0.898. The van der Waals surface area contributed by atoms with E-state index in [0.717, 1.165) is 0 Å². The number of ether oxygens (including phenoxy) is 1. The number of hydrogen-bond donors (Lipinski definition) is 2. The number of aliphatic hydroxyl groups is 1. The van der Waals surface area contributed by atoms with E-state index in [2.05, 4.69) is 0 Å². The van der Waals surface area contributed by atoms with Crippen LogP contribution in [0.1, 0.15) is 25.7 Å². The lowest BCUT2D eigenvalue weighted by atomic mass is 9.94. The minimum Gasteiger partial charge on any atom is -0.481 e. The van der Waals surface area contributed by atoms with Gasteiger partial charge >= 0.3 is 12.0 Å². The molecule has 0 aromatic heterocycles. The van der Waals surface area contributed by atoms with Gasteiger partial charge in [-0.2, -0.15) is 0 Å². The summed E-state index contributed by atoms with van der Waals surface area (Å²) in [6.45, 7) is 2.09. The molecular formula is C14H24N2O5. The number of nitrogens with zero attached hydrogens (tertiary/aromatic N) is 2. The fourth-order valence-corrected chi connectivity index (χ4v) is 3.01. The van der Waals surface area contributed by atoms with Crippen LogP contribution in [0, 0.1) is 5.92 Å². The third-order valence-corrected chi connectivity index (χ3v) is 4.32. The summed E-state index contributed by atoms with van der Waals surface area (Å²) in [7, 11) is 1.65. The van der Waals surface area contributed by atoms with Gasteiger partial charge < -0.3 is 24.7 Å². The average Bonchev–Trinajstić information content (AvgIpc) is 2.46. The molecule has 2 saturated heterocycles.